The minimum atomic E-state index is -4.53. The highest BCUT2D eigenvalue weighted by molar-refractivity contribution is 5.88. The van der Waals surface area contributed by atoms with Gasteiger partial charge in [0, 0.05) is 69.5 Å². The van der Waals surface area contributed by atoms with Crippen molar-refractivity contribution in [3.05, 3.63) is 107 Å². The average Bonchev–Trinajstić information content (AvgIpc) is 3.52. The number of hydrogen-bond donors (Lipinski definition) is 1. The lowest BCUT2D eigenvalue weighted by Crippen LogP contribution is -2.44. The van der Waals surface area contributed by atoms with Crippen LogP contribution in [0.4, 0.5) is 17.6 Å². The van der Waals surface area contributed by atoms with Crippen molar-refractivity contribution in [1.82, 2.24) is 29.7 Å². The Kier molecular flexibility index (Phi) is 8.61. The number of rotatable bonds is 7. The number of aromatic amines is 1. The van der Waals surface area contributed by atoms with E-state index in [1.54, 1.807) is 41.6 Å². The molecule has 5 aromatic rings. The Hall–Kier alpha value is -4.81. The van der Waals surface area contributed by atoms with Crippen molar-refractivity contribution in [2.75, 3.05) is 39.8 Å². The van der Waals surface area contributed by atoms with Crippen LogP contribution in [0.25, 0.3) is 22.3 Å². The fourth-order valence-electron chi connectivity index (χ4n) is 6.41. The molecule has 1 fully saturated rings. The van der Waals surface area contributed by atoms with Gasteiger partial charge >= 0.3 is 6.18 Å². The van der Waals surface area contributed by atoms with Crippen molar-refractivity contribution in [3.63, 3.8) is 0 Å². The number of nitrogens with zero attached hydrogens (tertiary/aromatic N) is 5. The largest absolute Gasteiger partial charge is 0.453 e. The van der Waals surface area contributed by atoms with Gasteiger partial charge in [0.2, 0.25) is 5.91 Å². The number of piperazine rings is 1. The first-order valence-corrected chi connectivity index (χ1v) is 15.9. The molecule has 0 spiro atoms. The van der Waals surface area contributed by atoms with Crippen LogP contribution in [0.15, 0.2) is 73.2 Å². The summed E-state index contributed by atoms with van der Waals surface area (Å²) in [6, 6.07) is 15.2. The number of pyridine rings is 2. The molecule has 1 N–H and O–H groups in total. The van der Waals surface area contributed by atoms with E-state index in [9.17, 15) is 18.0 Å². The van der Waals surface area contributed by atoms with Crippen LogP contribution in [0.1, 0.15) is 27.8 Å². The first-order chi connectivity index (χ1) is 23.1. The maximum absolute atomic E-state index is 15.1. The van der Waals surface area contributed by atoms with E-state index in [1.807, 2.05) is 30.1 Å². The lowest BCUT2D eigenvalue weighted by Gasteiger charge is -2.33. The minimum Gasteiger partial charge on any atom is -0.453 e. The number of likely N-dealkylation sites (N-methyl/N-ethyl adjacent to an activating group) is 1. The molecule has 0 aliphatic carbocycles. The number of fused-ring (bicyclic) bond motifs is 2. The maximum atomic E-state index is 15.1. The highest BCUT2D eigenvalue weighted by atomic mass is 19.4. The van der Waals surface area contributed by atoms with Crippen molar-refractivity contribution in [1.29, 1.82) is 0 Å². The number of aromatic nitrogens is 3. The van der Waals surface area contributed by atoms with E-state index in [2.05, 4.69) is 19.9 Å². The molecule has 12 heteroatoms. The SMILES string of the molecule is CN1CCN(Cc2ccc(CC(=O)N3CCc4ccc(Oc5c(F)cnc6[nH]c(-c7ccncc7)cc56)cc4C3)cc2C(F)(F)F)CC1. The quantitative estimate of drug-likeness (QED) is 0.203. The molecular weight excluding hydrogens is 624 g/mol. The summed E-state index contributed by atoms with van der Waals surface area (Å²) in [4.78, 5) is 30.6. The third kappa shape index (κ3) is 6.76. The summed E-state index contributed by atoms with van der Waals surface area (Å²) in [5, 5.41) is 0.476. The van der Waals surface area contributed by atoms with E-state index in [4.69, 9.17) is 4.74 Å². The Morgan fingerprint density at radius 3 is 2.52 bits per heavy atom. The Bertz CT molecular complexity index is 1950. The molecule has 0 atom stereocenters. The van der Waals surface area contributed by atoms with E-state index >= 15 is 4.39 Å². The van der Waals surface area contributed by atoms with Gasteiger partial charge in [0.05, 0.1) is 23.6 Å². The molecule has 5 heterocycles. The first-order valence-electron chi connectivity index (χ1n) is 15.9. The predicted molar refractivity (Wildman–Crippen MR) is 173 cm³/mol. The van der Waals surface area contributed by atoms with Crippen LogP contribution in [-0.4, -0.2) is 75.3 Å². The van der Waals surface area contributed by atoms with Gasteiger partial charge < -0.3 is 19.5 Å². The summed E-state index contributed by atoms with van der Waals surface area (Å²) in [6.45, 7) is 3.97. The lowest BCUT2D eigenvalue weighted by atomic mass is 9.97. The van der Waals surface area contributed by atoms with E-state index in [0.29, 0.717) is 48.4 Å². The molecule has 0 radical (unpaired) electrons. The van der Waals surface area contributed by atoms with Crippen molar-refractivity contribution in [3.8, 4) is 22.8 Å². The summed E-state index contributed by atoms with van der Waals surface area (Å²) >= 11 is 0. The number of amides is 1. The third-order valence-corrected chi connectivity index (χ3v) is 9.14. The summed E-state index contributed by atoms with van der Waals surface area (Å²) < 4.78 is 63.5. The van der Waals surface area contributed by atoms with Crippen LogP contribution in [0, 0.1) is 5.82 Å². The second-order valence-corrected chi connectivity index (χ2v) is 12.5. The molecule has 248 valence electrons. The highest BCUT2D eigenvalue weighted by Gasteiger charge is 2.34. The number of benzene rings is 2. The van der Waals surface area contributed by atoms with E-state index in [1.165, 1.54) is 6.07 Å². The lowest BCUT2D eigenvalue weighted by molar-refractivity contribution is -0.138. The van der Waals surface area contributed by atoms with E-state index in [-0.39, 0.29) is 36.7 Å². The van der Waals surface area contributed by atoms with Crippen molar-refractivity contribution >= 4 is 16.9 Å². The van der Waals surface area contributed by atoms with Gasteiger partial charge in [0.1, 0.15) is 11.4 Å². The van der Waals surface area contributed by atoms with Crippen LogP contribution in [-0.2, 0) is 36.9 Å². The number of hydrogen-bond acceptors (Lipinski definition) is 6. The summed E-state index contributed by atoms with van der Waals surface area (Å²) in [6.07, 6.45) is 0.351. The van der Waals surface area contributed by atoms with E-state index < -0.39 is 17.6 Å². The molecule has 2 aromatic carbocycles. The highest BCUT2D eigenvalue weighted by Crippen LogP contribution is 2.36. The normalized spacial score (nSPS) is 15.9. The molecule has 2 aliphatic rings. The fraction of sp³-hybridized carbons (Fsp3) is 0.306. The molecule has 0 saturated carbocycles. The summed E-state index contributed by atoms with van der Waals surface area (Å²) in [5.74, 6) is -0.460. The Balaban J connectivity index is 1.06. The predicted octanol–water partition coefficient (Wildman–Crippen LogP) is 6.45. The van der Waals surface area contributed by atoms with Gasteiger partial charge in [-0.3, -0.25) is 14.7 Å². The minimum absolute atomic E-state index is 0.0248. The van der Waals surface area contributed by atoms with Crippen molar-refractivity contribution in [2.24, 2.45) is 0 Å². The van der Waals surface area contributed by atoms with Gasteiger partial charge in [-0.15, -0.1) is 0 Å². The van der Waals surface area contributed by atoms with Crippen molar-refractivity contribution in [2.45, 2.75) is 32.1 Å². The molecular formula is C36H34F4N6O2. The number of carbonyl (C=O) groups is 1. The fourth-order valence-corrected chi connectivity index (χ4v) is 6.41. The van der Waals surface area contributed by atoms with Crippen LogP contribution >= 0.6 is 0 Å². The molecule has 8 nitrogen and oxygen atoms in total. The summed E-state index contributed by atoms with van der Waals surface area (Å²) in [5.41, 5.74) is 3.79. The van der Waals surface area contributed by atoms with Crippen LogP contribution in [0.5, 0.6) is 11.5 Å². The molecule has 1 amide bonds. The number of alkyl halides is 3. The molecule has 1 saturated heterocycles. The maximum Gasteiger partial charge on any atom is 0.416 e. The number of carbonyl (C=O) groups excluding carboxylic acids is 1. The van der Waals surface area contributed by atoms with Gasteiger partial charge in [-0.05, 0) is 72.1 Å². The third-order valence-electron chi connectivity index (χ3n) is 9.14. The summed E-state index contributed by atoms with van der Waals surface area (Å²) in [7, 11) is 2.00. The number of nitrogens with one attached hydrogen (secondary N) is 1. The second-order valence-electron chi connectivity index (χ2n) is 12.5. The molecule has 0 unspecified atom stereocenters. The standard InChI is InChI=1S/C36H34F4N6O2/c1-44-12-14-45(15-13-44)21-26-3-2-23(16-30(26)36(38,39)40)17-33(47)46-11-8-24-4-5-28(18-27(24)22-46)48-34-29-19-32(25-6-9-41-10-7-25)43-35(29)42-20-31(34)37/h2-7,9-10,16,18-20H,8,11-15,17,21-22H2,1H3,(H,42,43). The van der Waals surface area contributed by atoms with Gasteiger partial charge in [-0.2, -0.15) is 13.2 Å². The smallest absolute Gasteiger partial charge is 0.416 e. The number of H-pyrrole nitrogens is 1. The molecule has 7 rings (SSSR count). The molecule has 0 bridgehead atoms. The number of halogens is 4. The Morgan fingerprint density at radius 1 is 0.958 bits per heavy atom. The van der Waals surface area contributed by atoms with Gasteiger partial charge in [0.15, 0.2) is 11.6 Å². The van der Waals surface area contributed by atoms with Gasteiger partial charge in [-0.25, -0.2) is 9.37 Å². The average molecular weight is 659 g/mol. The van der Waals surface area contributed by atoms with Crippen molar-refractivity contribution < 1.29 is 27.1 Å². The monoisotopic (exact) mass is 658 g/mol. The van der Waals surface area contributed by atoms with Crippen LogP contribution < -0.4 is 4.74 Å². The second kappa shape index (κ2) is 13.0. The van der Waals surface area contributed by atoms with Gasteiger partial charge in [0.25, 0.3) is 0 Å². The Morgan fingerprint density at radius 2 is 1.75 bits per heavy atom. The topological polar surface area (TPSA) is 77.6 Å². The zero-order valence-electron chi connectivity index (χ0n) is 26.4. The molecule has 48 heavy (non-hydrogen) atoms. The zero-order chi connectivity index (χ0) is 33.4. The molecule has 2 aliphatic heterocycles. The van der Waals surface area contributed by atoms with Crippen LogP contribution in [0.2, 0.25) is 0 Å². The zero-order valence-corrected chi connectivity index (χ0v) is 26.4. The van der Waals surface area contributed by atoms with Crippen LogP contribution in [0.3, 0.4) is 0 Å². The number of ether oxygens (including phenoxy) is 1. The Labute approximate surface area is 275 Å². The van der Waals surface area contributed by atoms with E-state index in [0.717, 1.165) is 47.7 Å². The van der Waals surface area contributed by atoms with Gasteiger partial charge in [-0.1, -0.05) is 18.2 Å². The molecule has 3 aromatic heterocycles. The first kappa shape index (κ1) is 31.8.